The van der Waals surface area contributed by atoms with Crippen molar-refractivity contribution in [1.29, 1.82) is 0 Å². The second-order valence-electron chi connectivity index (χ2n) is 11.4. The summed E-state index contributed by atoms with van der Waals surface area (Å²) >= 11 is 0. The summed E-state index contributed by atoms with van der Waals surface area (Å²) in [5, 5.41) is 17.0. The van der Waals surface area contributed by atoms with Gasteiger partial charge in [0.15, 0.2) is 0 Å². The highest BCUT2D eigenvalue weighted by molar-refractivity contribution is 5.97. The van der Waals surface area contributed by atoms with Gasteiger partial charge in [-0.25, -0.2) is 8.78 Å². The van der Waals surface area contributed by atoms with Crippen LogP contribution >= 0.6 is 0 Å². The van der Waals surface area contributed by atoms with Gasteiger partial charge in [0.05, 0.1) is 12.1 Å². The largest absolute Gasteiger partial charge is 0.390 e. The van der Waals surface area contributed by atoms with Gasteiger partial charge >= 0.3 is 0 Å². The number of piperazine rings is 1. The number of nitrogens with zero attached hydrogens (tertiary/aromatic N) is 2. The number of amides is 3. The molecule has 1 aliphatic heterocycles. The lowest BCUT2D eigenvalue weighted by Gasteiger charge is -2.42. The molecule has 2 aromatic carbocycles. The average Bonchev–Trinajstić information content (AvgIpc) is 2.93. The number of unbranched alkanes of at least 4 members (excludes halogenated alkanes) is 1. The Hall–Kier alpha value is -3.37. The molecule has 1 aliphatic rings. The van der Waals surface area contributed by atoms with Crippen molar-refractivity contribution in [3.63, 3.8) is 0 Å². The highest BCUT2D eigenvalue weighted by Crippen LogP contribution is 2.20. The van der Waals surface area contributed by atoms with E-state index in [4.69, 9.17) is 0 Å². The Morgan fingerprint density at radius 3 is 2.38 bits per heavy atom. The molecule has 0 aromatic heterocycles. The fourth-order valence-electron chi connectivity index (χ4n) is 5.34. The lowest BCUT2D eigenvalue weighted by molar-refractivity contribution is -0.159. The third-order valence-corrected chi connectivity index (χ3v) is 7.54. The molecule has 42 heavy (non-hydrogen) atoms. The molecule has 1 saturated heterocycles. The van der Waals surface area contributed by atoms with E-state index in [0.29, 0.717) is 13.1 Å². The Labute approximate surface area is 247 Å². The summed E-state index contributed by atoms with van der Waals surface area (Å²) in [7, 11) is 0. The minimum atomic E-state index is -1.11. The molecule has 0 radical (unpaired) electrons. The van der Waals surface area contributed by atoms with Gasteiger partial charge in [-0.15, -0.1) is 0 Å². The van der Waals surface area contributed by atoms with Gasteiger partial charge < -0.3 is 25.5 Å². The van der Waals surface area contributed by atoms with Crippen LogP contribution in [0.25, 0.3) is 0 Å². The van der Waals surface area contributed by atoms with E-state index in [-0.39, 0.29) is 49.4 Å². The van der Waals surface area contributed by atoms with Crippen LogP contribution in [0.2, 0.25) is 0 Å². The van der Waals surface area contributed by atoms with E-state index in [0.717, 1.165) is 43.0 Å². The van der Waals surface area contributed by atoms with Crippen molar-refractivity contribution in [1.82, 2.24) is 20.4 Å². The normalized spacial score (nSPS) is 17.1. The number of halogens is 2. The molecule has 8 nitrogen and oxygen atoms in total. The van der Waals surface area contributed by atoms with E-state index in [9.17, 15) is 28.3 Å². The molecule has 0 unspecified atom stereocenters. The van der Waals surface area contributed by atoms with Crippen LogP contribution < -0.4 is 10.6 Å². The Morgan fingerprint density at radius 2 is 1.74 bits per heavy atom. The maximum atomic E-state index is 13.9. The van der Waals surface area contributed by atoms with Crippen molar-refractivity contribution < 1.29 is 28.3 Å². The zero-order valence-electron chi connectivity index (χ0n) is 25.0. The lowest BCUT2D eigenvalue weighted by atomic mass is 9.97. The molecule has 0 spiro atoms. The predicted octanol–water partition coefficient (Wildman–Crippen LogP) is 3.20. The van der Waals surface area contributed by atoms with Gasteiger partial charge in [-0.3, -0.25) is 14.4 Å². The summed E-state index contributed by atoms with van der Waals surface area (Å²) in [5.74, 6) is -2.73. The Kier molecular flexibility index (Phi) is 12.4. The van der Waals surface area contributed by atoms with Gasteiger partial charge in [0.25, 0.3) is 0 Å². The van der Waals surface area contributed by atoms with Gasteiger partial charge in [0, 0.05) is 25.7 Å². The van der Waals surface area contributed by atoms with Gasteiger partial charge in [0.1, 0.15) is 30.8 Å². The number of aliphatic hydroxyl groups is 1. The summed E-state index contributed by atoms with van der Waals surface area (Å²) in [4.78, 5) is 42.3. The Balaban J connectivity index is 1.70. The maximum Gasteiger partial charge on any atom is 0.246 e. The fraction of sp³-hybridized carbons (Fsp3) is 0.531. The molecule has 2 aromatic rings. The van der Waals surface area contributed by atoms with Crippen LogP contribution in [0.5, 0.6) is 0 Å². The standard InChI is InChI=1S/C32H44F2N4O4/c1-5-7-11-38-30(41)20-37(32(42)31(38)21(3)4)19-29(40)36-27(15-24-13-25(33)16-26(34)14-24)28(39)18-35-17-23-10-8-9-22(6-2)12-23/h8-10,12-14,16,21,27-28,31,35,39H,5-7,11,15,17-20H2,1-4H3,(H,36,40)/t27-,28-,31-/m0/s1. The number of nitrogens with one attached hydrogen (secondary N) is 2. The quantitative estimate of drug-likeness (QED) is 0.298. The van der Waals surface area contributed by atoms with Gasteiger partial charge in [0.2, 0.25) is 17.7 Å². The van der Waals surface area contributed by atoms with Crippen molar-refractivity contribution >= 4 is 17.7 Å². The number of carbonyl (C=O) groups is 3. The number of benzene rings is 2. The summed E-state index contributed by atoms with van der Waals surface area (Å²) in [5.41, 5.74) is 2.49. The lowest BCUT2D eigenvalue weighted by Crippen LogP contribution is -2.63. The Morgan fingerprint density at radius 1 is 1.05 bits per heavy atom. The summed E-state index contributed by atoms with van der Waals surface area (Å²) in [6.07, 6.45) is 1.41. The summed E-state index contributed by atoms with van der Waals surface area (Å²) in [6.45, 7) is 8.31. The molecule has 0 bridgehead atoms. The van der Waals surface area contributed by atoms with E-state index < -0.39 is 35.7 Å². The van der Waals surface area contributed by atoms with Gasteiger partial charge in [-0.05, 0) is 54.0 Å². The number of hydrogen-bond acceptors (Lipinski definition) is 5. The van der Waals surface area contributed by atoms with Crippen LogP contribution in [0.3, 0.4) is 0 Å². The first-order valence-corrected chi connectivity index (χ1v) is 14.8. The molecule has 230 valence electrons. The van der Waals surface area contributed by atoms with Crippen LogP contribution in [-0.4, -0.2) is 77.0 Å². The third-order valence-electron chi connectivity index (χ3n) is 7.54. The molecule has 1 heterocycles. The van der Waals surface area contributed by atoms with E-state index in [1.54, 1.807) is 4.90 Å². The number of carbonyl (C=O) groups excluding carboxylic acids is 3. The average molecular weight is 587 g/mol. The van der Waals surface area contributed by atoms with Crippen molar-refractivity contribution in [3.8, 4) is 0 Å². The maximum absolute atomic E-state index is 13.9. The SMILES string of the molecule is CCCCN1C(=O)CN(CC(=O)N[C@@H](Cc2cc(F)cc(F)c2)[C@@H](O)CNCc2cccc(CC)c2)C(=O)[C@@H]1C(C)C. The highest BCUT2D eigenvalue weighted by atomic mass is 19.1. The number of rotatable bonds is 15. The number of aryl methyl sites for hydroxylation is 1. The first-order chi connectivity index (χ1) is 20.0. The molecule has 3 N–H and O–H groups in total. The van der Waals surface area contributed by atoms with Crippen LogP contribution in [0, 0.1) is 17.6 Å². The first-order valence-electron chi connectivity index (χ1n) is 14.8. The molecule has 0 saturated carbocycles. The molecular weight excluding hydrogens is 542 g/mol. The van der Waals surface area contributed by atoms with E-state index in [1.165, 1.54) is 10.5 Å². The topological polar surface area (TPSA) is 102 Å². The van der Waals surface area contributed by atoms with Crippen molar-refractivity contribution in [2.75, 3.05) is 26.2 Å². The molecular formula is C32H44F2N4O4. The van der Waals surface area contributed by atoms with Crippen molar-refractivity contribution in [2.24, 2.45) is 5.92 Å². The third kappa shape index (κ3) is 9.32. The highest BCUT2D eigenvalue weighted by Gasteiger charge is 2.41. The number of hydrogen-bond donors (Lipinski definition) is 3. The zero-order valence-corrected chi connectivity index (χ0v) is 25.0. The predicted molar refractivity (Wildman–Crippen MR) is 157 cm³/mol. The molecule has 3 rings (SSSR count). The minimum absolute atomic E-state index is 0.0408. The van der Waals surface area contributed by atoms with Crippen molar-refractivity contribution in [2.45, 2.75) is 78.1 Å². The van der Waals surface area contributed by atoms with Crippen LogP contribution in [-0.2, 0) is 33.8 Å². The van der Waals surface area contributed by atoms with Crippen molar-refractivity contribution in [3.05, 3.63) is 70.8 Å². The smallest absolute Gasteiger partial charge is 0.246 e. The monoisotopic (exact) mass is 586 g/mol. The van der Waals surface area contributed by atoms with E-state index in [2.05, 4.69) is 23.6 Å². The Bertz CT molecular complexity index is 1200. The van der Waals surface area contributed by atoms with Gasteiger partial charge in [-0.2, -0.15) is 0 Å². The fourth-order valence-corrected chi connectivity index (χ4v) is 5.34. The molecule has 3 atom stereocenters. The molecule has 10 heteroatoms. The van der Waals surface area contributed by atoms with Gasteiger partial charge in [-0.1, -0.05) is 58.4 Å². The van der Waals surface area contributed by atoms with E-state index in [1.807, 2.05) is 39.0 Å². The van der Waals surface area contributed by atoms with Crippen LogP contribution in [0.15, 0.2) is 42.5 Å². The second kappa shape index (κ2) is 15.7. The first kappa shape index (κ1) is 33.1. The summed E-state index contributed by atoms with van der Waals surface area (Å²) in [6, 6.07) is 9.54. The summed E-state index contributed by atoms with van der Waals surface area (Å²) < 4.78 is 27.8. The van der Waals surface area contributed by atoms with E-state index >= 15 is 0 Å². The molecule has 3 amide bonds. The second-order valence-corrected chi connectivity index (χ2v) is 11.4. The zero-order chi connectivity index (χ0) is 30.8. The van der Waals surface area contributed by atoms with Crippen LogP contribution in [0.4, 0.5) is 8.78 Å². The minimum Gasteiger partial charge on any atom is -0.390 e. The number of aliphatic hydroxyl groups excluding tert-OH is 1. The van der Waals surface area contributed by atoms with Crippen LogP contribution in [0.1, 0.15) is 57.2 Å². The molecule has 0 aliphatic carbocycles. The molecule has 1 fully saturated rings.